The van der Waals surface area contributed by atoms with Crippen molar-refractivity contribution in [3.8, 4) is 22.1 Å². The maximum absolute atomic E-state index is 15.2. The van der Waals surface area contributed by atoms with Crippen LogP contribution in [0.25, 0.3) is 20.8 Å². The highest BCUT2D eigenvalue weighted by Crippen LogP contribution is 2.48. The summed E-state index contributed by atoms with van der Waals surface area (Å²) in [7, 11) is 4.04. The van der Waals surface area contributed by atoms with E-state index in [-0.39, 0.29) is 17.1 Å². The number of fused-ring (bicyclic) bond motifs is 1. The minimum Gasteiger partial charge on any atom is -0.453 e. The second-order valence-corrected chi connectivity index (χ2v) is 11.7. The minimum atomic E-state index is -1.34. The van der Waals surface area contributed by atoms with Crippen molar-refractivity contribution < 1.29 is 23.1 Å². The van der Waals surface area contributed by atoms with Gasteiger partial charge in [0.25, 0.3) is 0 Å². The largest absolute Gasteiger partial charge is 0.453 e. The molecule has 12 heteroatoms. The number of carbonyl (C=O) groups excluding carboxylic acids is 2. The molecule has 5 aromatic rings. The van der Waals surface area contributed by atoms with Crippen LogP contribution in [0.5, 0.6) is 11.5 Å². The van der Waals surface area contributed by atoms with Gasteiger partial charge in [0.15, 0.2) is 11.6 Å². The number of nitrogens with one attached hydrogen (secondary N) is 2. The number of halogens is 2. The lowest BCUT2D eigenvalue weighted by Crippen LogP contribution is -2.35. The fourth-order valence-electron chi connectivity index (χ4n) is 4.56. The van der Waals surface area contributed by atoms with Gasteiger partial charge in [-0.05, 0) is 57.3 Å². The summed E-state index contributed by atoms with van der Waals surface area (Å²) < 4.78 is 37.9. The van der Waals surface area contributed by atoms with Crippen LogP contribution in [0.4, 0.5) is 20.2 Å². The van der Waals surface area contributed by atoms with E-state index in [4.69, 9.17) is 4.74 Å². The Bertz CT molecular complexity index is 1830. The van der Waals surface area contributed by atoms with Gasteiger partial charge in [-0.15, -0.1) is 11.3 Å². The highest BCUT2D eigenvalue weighted by molar-refractivity contribution is 7.22. The molecule has 1 aliphatic rings. The maximum atomic E-state index is 15.2. The Morgan fingerprint density at radius 2 is 1.79 bits per heavy atom. The van der Waals surface area contributed by atoms with Crippen LogP contribution in [0, 0.1) is 17.0 Å². The van der Waals surface area contributed by atoms with E-state index < -0.39 is 28.9 Å². The summed E-state index contributed by atoms with van der Waals surface area (Å²) in [5, 5.41) is 5.10. The normalized spacial score (nSPS) is 13.7. The number of hydrogen-bond donors (Lipinski definition) is 2. The number of benzene rings is 2. The third kappa shape index (κ3) is 5.97. The van der Waals surface area contributed by atoms with Crippen LogP contribution in [0.15, 0.2) is 73.3 Å². The quantitative estimate of drug-likeness (QED) is 0.186. The summed E-state index contributed by atoms with van der Waals surface area (Å²) in [6.07, 6.45) is 5.98. The van der Waals surface area contributed by atoms with E-state index in [1.807, 2.05) is 30.9 Å². The summed E-state index contributed by atoms with van der Waals surface area (Å²) in [6.45, 7) is 1.70. The number of carbonyl (C=O) groups is 2. The van der Waals surface area contributed by atoms with Crippen LogP contribution in [0.2, 0.25) is 0 Å². The molecular weight excluding hydrogens is 574 g/mol. The molecule has 9 nitrogen and oxygen atoms in total. The predicted molar refractivity (Wildman–Crippen MR) is 161 cm³/mol. The van der Waals surface area contributed by atoms with Crippen molar-refractivity contribution in [2.75, 3.05) is 31.3 Å². The monoisotopic (exact) mass is 602 g/mol. The molecule has 1 fully saturated rings. The van der Waals surface area contributed by atoms with E-state index in [9.17, 15) is 14.0 Å². The number of rotatable bonds is 10. The Balaban J connectivity index is 1.15. The fourth-order valence-corrected chi connectivity index (χ4v) is 5.59. The summed E-state index contributed by atoms with van der Waals surface area (Å²) in [6, 6.07) is 13.4. The van der Waals surface area contributed by atoms with Gasteiger partial charge < -0.3 is 24.8 Å². The van der Waals surface area contributed by atoms with Crippen molar-refractivity contribution in [3.63, 3.8) is 0 Å². The highest BCUT2D eigenvalue weighted by atomic mass is 32.1. The van der Waals surface area contributed by atoms with Gasteiger partial charge >= 0.3 is 0 Å². The van der Waals surface area contributed by atoms with Crippen LogP contribution >= 0.6 is 11.3 Å². The number of para-hydroxylation sites is 1. The molecule has 0 spiro atoms. The van der Waals surface area contributed by atoms with E-state index in [2.05, 4.69) is 25.5 Å². The number of imidazole rings is 1. The SMILES string of the molecule is CN(C)CCn1cnc(-c2cc3nccc(Oc4ccc(NC(=O)C5(C(=O)Nc6ccccc6F)CC5)cc4F)c3s2)c1. The van der Waals surface area contributed by atoms with E-state index in [0.717, 1.165) is 34.4 Å². The van der Waals surface area contributed by atoms with E-state index in [1.54, 1.807) is 24.7 Å². The molecule has 0 bridgehead atoms. The molecule has 0 saturated heterocycles. The molecule has 3 aromatic heterocycles. The first-order valence-corrected chi connectivity index (χ1v) is 14.4. The number of hydrogen-bond acceptors (Lipinski definition) is 7. The van der Waals surface area contributed by atoms with Crippen molar-refractivity contribution in [3.05, 3.63) is 85.0 Å². The lowest BCUT2D eigenvalue weighted by Gasteiger charge is -2.16. The Morgan fingerprint density at radius 3 is 2.53 bits per heavy atom. The van der Waals surface area contributed by atoms with Gasteiger partial charge in [0, 0.05) is 43.3 Å². The molecule has 3 heterocycles. The second kappa shape index (κ2) is 11.5. The van der Waals surface area contributed by atoms with Crippen molar-refractivity contribution in [2.45, 2.75) is 19.4 Å². The fraction of sp³-hybridized carbons (Fsp3) is 0.226. The molecule has 1 aliphatic carbocycles. The lowest BCUT2D eigenvalue weighted by atomic mass is 10.0. The molecule has 43 heavy (non-hydrogen) atoms. The van der Waals surface area contributed by atoms with E-state index in [0.29, 0.717) is 24.1 Å². The van der Waals surface area contributed by atoms with Gasteiger partial charge in [-0.1, -0.05) is 12.1 Å². The molecule has 0 radical (unpaired) electrons. The second-order valence-electron chi connectivity index (χ2n) is 10.7. The standard InChI is InChI=1S/C31H28F2N6O3S/c1-38(2)13-14-39-17-24(35-18-39)27-16-23-28(43-27)26(9-12-34-23)42-25-8-7-19(15-21(25)33)36-29(40)31(10-11-31)30(41)37-22-6-4-3-5-20(22)32/h3-9,12,15-18H,10-11,13-14H2,1-2H3,(H,36,40)(H,37,41). The first-order chi connectivity index (χ1) is 20.7. The molecule has 0 aliphatic heterocycles. The average molecular weight is 603 g/mol. The van der Waals surface area contributed by atoms with Gasteiger partial charge in [0.1, 0.15) is 17.0 Å². The molecule has 2 amide bonds. The number of aromatic nitrogens is 3. The Kier molecular flexibility index (Phi) is 7.63. The number of likely N-dealkylation sites (N-methyl/N-ethyl adjacent to an activating group) is 1. The molecule has 2 aromatic carbocycles. The molecular formula is C31H28F2N6O3S. The molecule has 1 saturated carbocycles. The van der Waals surface area contributed by atoms with Crippen molar-refractivity contribution >= 4 is 44.7 Å². The van der Waals surface area contributed by atoms with Crippen molar-refractivity contribution in [1.82, 2.24) is 19.4 Å². The first-order valence-electron chi connectivity index (χ1n) is 13.6. The van der Waals surface area contributed by atoms with Gasteiger partial charge in [0.05, 0.1) is 32.8 Å². The Hall–Kier alpha value is -4.68. The summed E-state index contributed by atoms with van der Waals surface area (Å²) in [4.78, 5) is 37.8. The molecule has 0 unspecified atom stereocenters. The Morgan fingerprint density at radius 1 is 1.00 bits per heavy atom. The van der Waals surface area contributed by atoms with Crippen LogP contribution in [0.3, 0.4) is 0 Å². The van der Waals surface area contributed by atoms with Crippen LogP contribution in [-0.4, -0.2) is 51.9 Å². The van der Waals surface area contributed by atoms with Crippen LogP contribution in [0.1, 0.15) is 12.8 Å². The number of thiophene rings is 1. The Labute approximate surface area is 250 Å². The zero-order valence-electron chi connectivity index (χ0n) is 23.4. The third-order valence-electron chi connectivity index (χ3n) is 7.22. The minimum absolute atomic E-state index is 0.00289. The molecule has 0 atom stereocenters. The maximum Gasteiger partial charge on any atom is 0.240 e. The topological polar surface area (TPSA) is 101 Å². The number of nitrogens with zero attached hydrogens (tertiary/aromatic N) is 4. The third-order valence-corrected chi connectivity index (χ3v) is 8.38. The van der Waals surface area contributed by atoms with E-state index >= 15 is 4.39 Å². The van der Waals surface area contributed by atoms with Crippen LogP contribution < -0.4 is 15.4 Å². The molecule has 220 valence electrons. The highest BCUT2D eigenvalue weighted by Gasteiger charge is 2.56. The summed E-state index contributed by atoms with van der Waals surface area (Å²) >= 11 is 1.45. The predicted octanol–water partition coefficient (Wildman–Crippen LogP) is 6.15. The van der Waals surface area contributed by atoms with E-state index in [1.165, 1.54) is 41.7 Å². The number of anilines is 2. The van der Waals surface area contributed by atoms with Gasteiger partial charge in [-0.2, -0.15) is 0 Å². The summed E-state index contributed by atoms with van der Waals surface area (Å²) in [5.74, 6) is -2.08. The van der Waals surface area contributed by atoms with Crippen molar-refractivity contribution in [2.24, 2.45) is 5.41 Å². The zero-order valence-corrected chi connectivity index (χ0v) is 24.3. The van der Waals surface area contributed by atoms with Gasteiger partial charge in [-0.25, -0.2) is 13.8 Å². The number of amides is 2. The smallest absolute Gasteiger partial charge is 0.240 e. The van der Waals surface area contributed by atoms with Crippen LogP contribution in [-0.2, 0) is 16.1 Å². The number of pyridine rings is 1. The van der Waals surface area contributed by atoms with Crippen molar-refractivity contribution in [1.29, 1.82) is 0 Å². The summed E-state index contributed by atoms with van der Waals surface area (Å²) in [5.41, 5.74) is 0.346. The average Bonchev–Trinajstić information content (AvgIpc) is 3.46. The zero-order chi connectivity index (χ0) is 30.1. The lowest BCUT2D eigenvalue weighted by molar-refractivity contribution is -0.131. The number of ether oxygens (including phenoxy) is 1. The molecule has 2 N–H and O–H groups in total. The molecule has 6 rings (SSSR count). The first kappa shape index (κ1) is 28.4. The van der Waals surface area contributed by atoms with Gasteiger partial charge in [-0.3, -0.25) is 14.6 Å². The van der Waals surface area contributed by atoms with Gasteiger partial charge in [0.2, 0.25) is 11.8 Å².